The standard InChI is InChI=1S/C14H17N3O4S/c1-10-13(9-15-16-10)22(20,21)17-12(14(18)19)8-7-11-5-3-2-4-6-11/h2-6,9,12,17H,7-8H2,1H3,(H,15,16)(H,18,19)/t12-/m1/s1. The number of rotatable bonds is 7. The van der Waals surface area contributed by atoms with Crippen molar-refractivity contribution in [1.82, 2.24) is 14.9 Å². The Labute approximate surface area is 128 Å². The summed E-state index contributed by atoms with van der Waals surface area (Å²) in [6, 6.07) is 8.11. The first-order valence-electron chi connectivity index (χ1n) is 6.69. The van der Waals surface area contributed by atoms with Crippen LogP contribution in [0.15, 0.2) is 41.4 Å². The molecule has 1 atom stereocenters. The summed E-state index contributed by atoms with van der Waals surface area (Å²) in [6.45, 7) is 1.56. The first-order chi connectivity index (χ1) is 10.4. The molecule has 1 aromatic heterocycles. The van der Waals surface area contributed by atoms with Gasteiger partial charge in [0.2, 0.25) is 10.0 Å². The molecule has 7 nitrogen and oxygen atoms in total. The monoisotopic (exact) mass is 323 g/mol. The van der Waals surface area contributed by atoms with Crippen LogP contribution in [-0.4, -0.2) is 35.7 Å². The second-order valence-corrected chi connectivity index (χ2v) is 6.58. The van der Waals surface area contributed by atoms with Crippen molar-refractivity contribution in [3.63, 3.8) is 0 Å². The molecule has 2 aromatic rings. The van der Waals surface area contributed by atoms with Crippen molar-refractivity contribution in [2.24, 2.45) is 0 Å². The normalized spacial score (nSPS) is 13.0. The predicted octanol–water partition coefficient (Wildman–Crippen LogP) is 1.08. The van der Waals surface area contributed by atoms with Crippen LogP contribution in [-0.2, 0) is 21.2 Å². The molecule has 1 aromatic carbocycles. The number of hydrogen-bond donors (Lipinski definition) is 3. The molecule has 0 aliphatic rings. The van der Waals surface area contributed by atoms with Crippen molar-refractivity contribution in [1.29, 1.82) is 0 Å². The molecule has 3 N–H and O–H groups in total. The number of aromatic nitrogens is 2. The third-order valence-corrected chi connectivity index (χ3v) is 4.82. The molecule has 0 saturated heterocycles. The van der Waals surface area contributed by atoms with Gasteiger partial charge in [-0.3, -0.25) is 9.89 Å². The number of aromatic amines is 1. The van der Waals surface area contributed by atoms with Crippen molar-refractivity contribution in [3.05, 3.63) is 47.8 Å². The van der Waals surface area contributed by atoms with Crippen LogP contribution in [0.1, 0.15) is 17.7 Å². The van der Waals surface area contributed by atoms with E-state index < -0.39 is 22.0 Å². The molecule has 0 bridgehead atoms. The third-order valence-electron chi connectivity index (χ3n) is 3.23. The molecule has 0 radical (unpaired) electrons. The Morgan fingerprint density at radius 2 is 2.05 bits per heavy atom. The van der Waals surface area contributed by atoms with Crippen LogP contribution in [0, 0.1) is 6.92 Å². The van der Waals surface area contributed by atoms with E-state index in [-0.39, 0.29) is 11.3 Å². The summed E-state index contributed by atoms with van der Waals surface area (Å²) in [6.07, 6.45) is 1.79. The van der Waals surface area contributed by atoms with Gasteiger partial charge in [0, 0.05) is 0 Å². The lowest BCUT2D eigenvalue weighted by molar-refractivity contribution is -0.139. The SMILES string of the molecule is Cc1[nH]ncc1S(=O)(=O)N[C@H](CCc1ccccc1)C(=O)O. The number of carbonyl (C=O) groups is 1. The van der Waals surface area contributed by atoms with Crippen molar-refractivity contribution in [2.75, 3.05) is 0 Å². The quantitative estimate of drug-likeness (QED) is 0.706. The minimum Gasteiger partial charge on any atom is -0.480 e. The maximum absolute atomic E-state index is 12.2. The van der Waals surface area contributed by atoms with Crippen LogP contribution in [0.25, 0.3) is 0 Å². The van der Waals surface area contributed by atoms with Crippen molar-refractivity contribution < 1.29 is 18.3 Å². The second kappa shape index (κ2) is 6.71. The van der Waals surface area contributed by atoms with Crippen LogP contribution >= 0.6 is 0 Å². The van der Waals surface area contributed by atoms with Crippen LogP contribution in [0.2, 0.25) is 0 Å². The molecule has 0 aliphatic heterocycles. The molecule has 0 amide bonds. The Morgan fingerprint density at radius 1 is 1.36 bits per heavy atom. The van der Waals surface area contributed by atoms with Gasteiger partial charge in [0.1, 0.15) is 10.9 Å². The average Bonchev–Trinajstić information content (AvgIpc) is 2.91. The van der Waals surface area contributed by atoms with Gasteiger partial charge in [-0.05, 0) is 25.3 Å². The van der Waals surface area contributed by atoms with E-state index in [1.807, 2.05) is 30.3 Å². The Bertz CT molecular complexity index is 740. The highest BCUT2D eigenvalue weighted by molar-refractivity contribution is 7.89. The number of carboxylic acid groups (broad SMARTS) is 1. The number of aliphatic carboxylic acids is 1. The summed E-state index contributed by atoms with van der Waals surface area (Å²) in [5.74, 6) is -1.21. The highest BCUT2D eigenvalue weighted by Gasteiger charge is 2.27. The number of sulfonamides is 1. The van der Waals surface area contributed by atoms with Gasteiger partial charge >= 0.3 is 5.97 Å². The van der Waals surface area contributed by atoms with E-state index in [1.54, 1.807) is 6.92 Å². The molecule has 2 rings (SSSR count). The van der Waals surface area contributed by atoms with Gasteiger partial charge < -0.3 is 5.11 Å². The fraction of sp³-hybridized carbons (Fsp3) is 0.286. The third kappa shape index (κ3) is 3.92. The number of nitrogens with one attached hydrogen (secondary N) is 2. The summed E-state index contributed by atoms with van der Waals surface area (Å²) in [5.41, 5.74) is 1.31. The predicted molar refractivity (Wildman–Crippen MR) is 79.8 cm³/mol. The van der Waals surface area contributed by atoms with E-state index in [2.05, 4.69) is 14.9 Å². The Kier molecular flexibility index (Phi) is 4.94. The lowest BCUT2D eigenvalue weighted by Gasteiger charge is -2.14. The number of hydrogen-bond acceptors (Lipinski definition) is 4. The summed E-state index contributed by atoms with van der Waals surface area (Å²) < 4.78 is 26.6. The van der Waals surface area contributed by atoms with Crippen LogP contribution in [0.4, 0.5) is 0 Å². The fourth-order valence-corrected chi connectivity index (χ4v) is 3.41. The highest BCUT2D eigenvalue weighted by atomic mass is 32.2. The number of H-pyrrole nitrogens is 1. The highest BCUT2D eigenvalue weighted by Crippen LogP contribution is 2.13. The van der Waals surface area contributed by atoms with Gasteiger partial charge in [-0.1, -0.05) is 30.3 Å². The molecular formula is C14H17N3O4S. The van der Waals surface area contributed by atoms with E-state index in [0.717, 1.165) is 11.8 Å². The Morgan fingerprint density at radius 3 is 2.59 bits per heavy atom. The Balaban J connectivity index is 2.09. The van der Waals surface area contributed by atoms with Crippen LogP contribution in [0.3, 0.4) is 0 Å². The molecule has 22 heavy (non-hydrogen) atoms. The van der Waals surface area contributed by atoms with Crippen LogP contribution < -0.4 is 4.72 Å². The molecule has 0 aliphatic carbocycles. The van der Waals surface area contributed by atoms with Crippen molar-refractivity contribution >= 4 is 16.0 Å². The number of nitrogens with zero attached hydrogens (tertiary/aromatic N) is 1. The van der Waals surface area contributed by atoms with E-state index in [4.69, 9.17) is 0 Å². The molecule has 0 spiro atoms. The van der Waals surface area contributed by atoms with E-state index in [0.29, 0.717) is 12.1 Å². The minimum absolute atomic E-state index is 0.0431. The molecular weight excluding hydrogens is 306 g/mol. The van der Waals surface area contributed by atoms with E-state index >= 15 is 0 Å². The van der Waals surface area contributed by atoms with Crippen LogP contribution in [0.5, 0.6) is 0 Å². The van der Waals surface area contributed by atoms with E-state index in [9.17, 15) is 18.3 Å². The average molecular weight is 323 g/mol. The topological polar surface area (TPSA) is 112 Å². The number of benzene rings is 1. The molecule has 8 heteroatoms. The lowest BCUT2D eigenvalue weighted by atomic mass is 10.1. The fourth-order valence-electron chi connectivity index (χ4n) is 2.05. The summed E-state index contributed by atoms with van der Waals surface area (Å²) in [4.78, 5) is 11.3. The molecule has 0 unspecified atom stereocenters. The van der Waals surface area contributed by atoms with Gasteiger partial charge in [-0.25, -0.2) is 8.42 Å². The smallest absolute Gasteiger partial charge is 0.321 e. The van der Waals surface area contributed by atoms with Gasteiger partial charge in [-0.15, -0.1) is 0 Å². The minimum atomic E-state index is -3.92. The summed E-state index contributed by atoms with van der Waals surface area (Å²) >= 11 is 0. The summed E-state index contributed by atoms with van der Waals surface area (Å²) in [5, 5.41) is 15.4. The zero-order chi connectivity index (χ0) is 16.2. The van der Waals surface area contributed by atoms with Gasteiger partial charge in [-0.2, -0.15) is 9.82 Å². The first kappa shape index (κ1) is 16.2. The maximum Gasteiger partial charge on any atom is 0.321 e. The molecule has 1 heterocycles. The van der Waals surface area contributed by atoms with Gasteiger partial charge in [0.05, 0.1) is 11.9 Å². The zero-order valence-electron chi connectivity index (χ0n) is 12.0. The molecule has 0 fully saturated rings. The largest absolute Gasteiger partial charge is 0.480 e. The van der Waals surface area contributed by atoms with E-state index in [1.165, 1.54) is 0 Å². The van der Waals surface area contributed by atoms with Gasteiger partial charge in [0.15, 0.2) is 0 Å². The summed E-state index contributed by atoms with van der Waals surface area (Å²) in [7, 11) is -3.92. The van der Waals surface area contributed by atoms with Crippen molar-refractivity contribution in [2.45, 2.75) is 30.7 Å². The zero-order valence-corrected chi connectivity index (χ0v) is 12.8. The second-order valence-electron chi connectivity index (χ2n) is 4.90. The molecule has 118 valence electrons. The number of carboxylic acids is 1. The first-order valence-corrected chi connectivity index (χ1v) is 8.17. The van der Waals surface area contributed by atoms with Gasteiger partial charge in [0.25, 0.3) is 0 Å². The Hall–Kier alpha value is -2.19. The lowest BCUT2D eigenvalue weighted by Crippen LogP contribution is -2.41. The number of aryl methyl sites for hydroxylation is 2. The maximum atomic E-state index is 12.2. The van der Waals surface area contributed by atoms with Crippen molar-refractivity contribution in [3.8, 4) is 0 Å². The molecule has 0 saturated carbocycles.